The number of benzene rings is 1. The lowest BCUT2D eigenvalue weighted by molar-refractivity contribution is -0.117. The maximum absolute atomic E-state index is 13.1. The van der Waals surface area contributed by atoms with Crippen molar-refractivity contribution >= 4 is 11.5 Å². The van der Waals surface area contributed by atoms with Crippen LogP contribution in [-0.2, 0) is 11.2 Å². The average molecular weight is 397 g/mol. The van der Waals surface area contributed by atoms with Crippen LogP contribution in [0.5, 0.6) is 5.75 Å². The molecule has 0 radical (unpaired) electrons. The topological polar surface area (TPSA) is 41.6 Å². The largest absolute Gasteiger partial charge is 0.490 e. The second-order valence-electron chi connectivity index (χ2n) is 8.57. The molecule has 2 unspecified atom stereocenters. The summed E-state index contributed by atoms with van der Waals surface area (Å²) < 4.78 is 5.75. The Bertz CT molecular complexity index is 781. The van der Waals surface area contributed by atoms with Gasteiger partial charge < -0.3 is 10.1 Å². The summed E-state index contributed by atoms with van der Waals surface area (Å²) in [6.07, 6.45) is 5.72. The number of nitrogens with one attached hydrogen (secondary N) is 1. The predicted molar refractivity (Wildman–Crippen MR) is 120 cm³/mol. The van der Waals surface area contributed by atoms with Crippen LogP contribution in [0, 0.1) is 5.92 Å². The Labute approximate surface area is 176 Å². The molecule has 1 aromatic rings. The first kappa shape index (κ1) is 21.6. The average Bonchev–Trinajstić information content (AvgIpc) is 2.85. The first-order valence-corrected chi connectivity index (χ1v) is 11.1. The summed E-state index contributed by atoms with van der Waals surface area (Å²) in [4.78, 5) is 15.5. The zero-order valence-corrected chi connectivity index (χ0v) is 18.5. The van der Waals surface area contributed by atoms with E-state index in [1.54, 1.807) is 6.08 Å². The third kappa shape index (κ3) is 4.75. The van der Waals surface area contributed by atoms with Crippen molar-refractivity contribution in [3.63, 3.8) is 0 Å². The zero-order chi connectivity index (χ0) is 21.0. The molecule has 1 amide bonds. The second-order valence-corrected chi connectivity index (χ2v) is 8.57. The fraction of sp³-hybridized carbons (Fsp3) is 0.560. The minimum Gasteiger partial charge on any atom is -0.490 e. The van der Waals surface area contributed by atoms with Crippen molar-refractivity contribution in [2.75, 3.05) is 19.7 Å². The van der Waals surface area contributed by atoms with Gasteiger partial charge in [-0.25, -0.2) is 0 Å². The van der Waals surface area contributed by atoms with Crippen molar-refractivity contribution in [3.8, 4) is 5.75 Å². The van der Waals surface area contributed by atoms with Crippen LogP contribution in [0.1, 0.15) is 58.1 Å². The number of hydrogen-bond donors (Lipinski definition) is 1. The van der Waals surface area contributed by atoms with E-state index in [9.17, 15) is 4.79 Å². The van der Waals surface area contributed by atoms with E-state index in [0.29, 0.717) is 24.6 Å². The molecule has 1 heterocycles. The molecule has 29 heavy (non-hydrogen) atoms. The third-order valence-corrected chi connectivity index (χ3v) is 6.38. The molecule has 4 heteroatoms. The zero-order valence-electron chi connectivity index (χ0n) is 18.5. The predicted octanol–water partition coefficient (Wildman–Crippen LogP) is 4.60. The van der Waals surface area contributed by atoms with Gasteiger partial charge in [0, 0.05) is 24.2 Å². The van der Waals surface area contributed by atoms with Crippen LogP contribution in [0.2, 0.25) is 0 Å². The third-order valence-electron chi connectivity index (χ3n) is 6.38. The number of rotatable bonds is 8. The van der Waals surface area contributed by atoms with E-state index >= 15 is 0 Å². The van der Waals surface area contributed by atoms with Crippen LogP contribution in [-0.4, -0.2) is 42.6 Å². The molecule has 4 nitrogen and oxygen atoms in total. The number of nitrogens with zero attached hydrogens (tertiary/aromatic N) is 1. The van der Waals surface area contributed by atoms with Gasteiger partial charge in [-0.05, 0) is 87.7 Å². The van der Waals surface area contributed by atoms with E-state index in [1.807, 2.05) is 6.07 Å². The number of fused-ring (bicyclic) bond motifs is 3. The SMILES string of the molecule is C=CCOc1ccc2c(c1)CCC1CCNC(=O)C(CC(C)N(CC)C(C)C)=C21. The molecule has 0 spiro atoms. The molecule has 0 saturated carbocycles. The van der Waals surface area contributed by atoms with Crippen molar-refractivity contribution < 1.29 is 9.53 Å². The normalized spacial score (nSPS) is 20.1. The van der Waals surface area contributed by atoms with Crippen molar-refractivity contribution in [1.29, 1.82) is 0 Å². The summed E-state index contributed by atoms with van der Waals surface area (Å²) in [5.74, 6) is 1.46. The van der Waals surface area contributed by atoms with E-state index < -0.39 is 0 Å². The van der Waals surface area contributed by atoms with Gasteiger partial charge in [-0.15, -0.1) is 0 Å². The molecule has 2 aliphatic rings. The molecule has 3 rings (SSSR count). The minimum absolute atomic E-state index is 0.119. The highest BCUT2D eigenvalue weighted by molar-refractivity contribution is 6.02. The van der Waals surface area contributed by atoms with Gasteiger partial charge in [0.25, 0.3) is 0 Å². The monoisotopic (exact) mass is 396 g/mol. The van der Waals surface area contributed by atoms with Crippen LogP contribution in [0.3, 0.4) is 0 Å². The summed E-state index contributed by atoms with van der Waals surface area (Å²) >= 11 is 0. The first-order valence-electron chi connectivity index (χ1n) is 11.1. The Morgan fingerprint density at radius 3 is 2.79 bits per heavy atom. The van der Waals surface area contributed by atoms with Gasteiger partial charge in [0.2, 0.25) is 5.91 Å². The van der Waals surface area contributed by atoms with E-state index in [1.165, 1.54) is 16.7 Å². The summed E-state index contributed by atoms with van der Waals surface area (Å²) in [5.41, 5.74) is 4.82. The number of allylic oxidation sites excluding steroid dienone is 1. The van der Waals surface area contributed by atoms with Crippen LogP contribution in [0.25, 0.3) is 5.57 Å². The highest BCUT2D eigenvalue weighted by Gasteiger charge is 2.32. The molecule has 1 aliphatic heterocycles. The van der Waals surface area contributed by atoms with E-state index in [4.69, 9.17) is 4.74 Å². The lowest BCUT2D eigenvalue weighted by atomic mass is 9.75. The Kier molecular flexibility index (Phi) is 7.18. The van der Waals surface area contributed by atoms with Crippen molar-refractivity contribution in [2.24, 2.45) is 5.92 Å². The lowest BCUT2D eigenvalue weighted by Gasteiger charge is -2.34. The van der Waals surface area contributed by atoms with Gasteiger partial charge in [-0.1, -0.05) is 25.6 Å². The number of carbonyl (C=O) groups excluding carboxylic acids is 1. The molecule has 1 N–H and O–H groups in total. The van der Waals surface area contributed by atoms with Gasteiger partial charge >= 0.3 is 0 Å². The van der Waals surface area contributed by atoms with Gasteiger partial charge in [0.05, 0.1) is 0 Å². The second kappa shape index (κ2) is 9.62. The van der Waals surface area contributed by atoms with Crippen LogP contribution >= 0.6 is 0 Å². The Balaban J connectivity index is 2.01. The highest BCUT2D eigenvalue weighted by Crippen LogP contribution is 2.42. The molecule has 1 aliphatic carbocycles. The van der Waals surface area contributed by atoms with Crippen LogP contribution in [0.15, 0.2) is 36.4 Å². The number of aryl methyl sites for hydroxylation is 1. The Morgan fingerprint density at radius 1 is 1.31 bits per heavy atom. The molecule has 0 fully saturated rings. The fourth-order valence-corrected chi connectivity index (χ4v) is 5.07. The molecule has 2 atom stereocenters. The molecule has 0 saturated heterocycles. The van der Waals surface area contributed by atoms with Gasteiger partial charge in [0.1, 0.15) is 12.4 Å². The van der Waals surface area contributed by atoms with E-state index in [2.05, 4.69) is 56.6 Å². The molecule has 0 aromatic heterocycles. The minimum atomic E-state index is 0.119. The maximum atomic E-state index is 13.1. The Hall–Kier alpha value is -2.07. The summed E-state index contributed by atoms with van der Waals surface area (Å²) in [6, 6.07) is 7.14. The number of carbonyl (C=O) groups is 1. The van der Waals surface area contributed by atoms with Crippen molar-refractivity contribution in [3.05, 3.63) is 47.6 Å². The first-order chi connectivity index (χ1) is 14.0. The van der Waals surface area contributed by atoms with Crippen LogP contribution in [0.4, 0.5) is 0 Å². The van der Waals surface area contributed by atoms with Gasteiger partial charge in [-0.2, -0.15) is 0 Å². The molecular weight excluding hydrogens is 360 g/mol. The standard InChI is InChI=1S/C25H36N2O2/c1-6-14-29-21-10-11-22-20(16-21)9-8-19-12-13-26-25(28)23(24(19)22)15-18(5)27(7-2)17(3)4/h6,10-11,16-19H,1,7-9,12-15H2,2-5H3,(H,26,28). The van der Waals surface area contributed by atoms with Gasteiger partial charge in [-0.3, -0.25) is 9.69 Å². The molecule has 158 valence electrons. The van der Waals surface area contributed by atoms with Crippen molar-refractivity contribution in [1.82, 2.24) is 10.2 Å². The number of hydrogen-bond acceptors (Lipinski definition) is 3. The summed E-state index contributed by atoms with van der Waals surface area (Å²) in [7, 11) is 0. The van der Waals surface area contributed by atoms with Gasteiger partial charge in [0.15, 0.2) is 0 Å². The molecule has 1 aromatic carbocycles. The summed E-state index contributed by atoms with van der Waals surface area (Å²) in [5, 5.41) is 3.16. The Morgan fingerprint density at radius 2 is 2.10 bits per heavy atom. The highest BCUT2D eigenvalue weighted by atomic mass is 16.5. The van der Waals surface area contributed by atoms with E-state index in [0.717, 1.165) is 50.1 Å². The molecular formula is C25H36N2O2. The maximum Gasteiger partial charge on any atom is 0.247 e. The summed E-state index contributed by atoms with van der Waals surface area (Å²) in [6.45, 7) is 14.9. The smallest absolute Gasteiger partial charge is 0.247 e. The number of ether oxygens (including phenoxy) is 1. The quantitative estimate of drug-likeness (QED) is 0.653. The van der Waals surface area contributed by atoms with Crippen molar-refractivity contribution in [2.45, 2.75) is 65.5 Å². The van der Waals surface area contributed by atoms with E-state index in [-0.39, 0.29) is 5.91 Å². The van der Waals surface area contributed by atoms with Crippen LogP contribution < -0.4 is 10.1 Å². The molecule has 0 bridgehead atoms. The fourth-order valence-electron chi connectivity index (χ4n) is 5.07. The lowest BCUT2D eigenvalue weighted by Crippen LogP contribution is -2.40. The number of amides is 1.